The zero-order valence-electron chi connectivity index (χ0n) is 10.7. The molecule has 3 aromatic heterocycles. The van der Waals surface area contributed by atoms with Crippen LogP contribution >= 0.6 is 11.6 Å². The Morgan fingerprint density at radius 1 is 1.38 bits per heavy atom. The molecule has 0 atom stereocenters. The van der Waals surface area contributed by atoms with Crippen molar-refractivity contribution >= 4 is 23.2 Å². The number of nitrogens with zero attached hydrogens (tertiary/aromatic N) is 4. The van der Waals surface area contributed by atoms with Crippen molar-refractivity contribution in [1.82, 2.24) is 19.6 Å². The number of hydrogen-bond donors (Lipinski definition) is 0. The molecular formula is C13H8ClFN4O2. The Morgan fingerprint density at radius 2 is 2.19 bits per heavy atom. The van der Waals surface area contributed by atoms with E-state index in [1.54, 1.807) is 0 Å². The molecule has 0 N–H and O–H groups in total. The van der Waals surface area contributed by atoms with Crippen molar-refractivity contribution in [2.75, 3.05) is 7.11 Å². The van der Waals surface area contributed by atoms with E-state index in [4.69, 9.17) is 11.6 Å². The quantitative estimate of drug-likeness (QED) is 0.680. The number of aromatic nitrogens is 4. The zero-order chi connectivity index (χ0) is 15.0. The Balaban J connectivity index is 2.22. The lowest BCUT2D eigenvalue weighted by Gasteiger charge is -2.04. The average molecular weight is 307 g/mol. The molecule has 3 aromatic rings. The smallest absolute Gasteiger partial charge is 0.339 e. The van der Waals surface area contributed by atoms with Crippen molar-refractivity contribution in [3.05, 3.63) is 47.0 Å². The monoisotopic (exact) mass is 306 g/mol. The van der Waals surface area contributed by atoms with E-state index < -0.39 is 11.8 Å². The fourth-order valence-electron chi connectivity index (χ4n) is 1.87. The van der Waals surface area contributed by atoms with E-state index in [2.05, 4.69) is 19.9 Å². The SMILES string of the molecule is COC(=O)c1cc(Cl)c2nnc(-c3ccc(F)cn3)n2c1. The summed E-state index contributed by atoms with van der Waals surface area (Å²) in [6.45, 7) is 0. The summed E-state index contributed by atoms with van der Waals surface area (Å²) in [4.78, 5) is 15.6. The topological polar surface area (TPSA) is 69.4 Å². The summed E-state index contributed by atoms with van der Waals surface area (Å²) in [7, 11) is 1.27. The standard InChI is InChI=1S/C13H8ClFN4O2/c1-21-13(20)7-4-9(14)11-17-18-12(19(11)6-7)10-3-2-8(15)5-16-10/h2-6H,1H3. The lowest BCUT2D eigenvalue weighted by Crippen LogP contribution is -2.04. The van der Waals surface area contributed by atoms with Crippen LogP contribution < -0.4 is 0 Å². The van der Waals surface area contributed by atoms with Gasteiger partial charge in [0.05, 0.1) is 23.9 Å². The normalized spacial score (nSPS) is 10.8. The molecule has 0 aliphatic carbocycles. The van der Waals surface area contributed by atoms with Crippen molar-refractivity contribution < 1.29 is 13.9 Å². The van der Waals surface area contributed by atoms with Gasteiger partial charge in [0.25, 0.3) is 0 Å². The molecule has 0 radical (unpaired) electrons. The minimum atomic E-state index is -0.537. The van der Waals surface area contributed by atoms with Crippen LogP contribution in [0.4, 0.5) is 4.39 Å². The van der Waals surface area contributed by atoms with Gasteiger partial charge in [-0.05, 0) is 18.2 Å². The zero-order valence-corrected chi connectivity index (χ0v) is 11.5. The van der Waals surface area contributed by atoms with Crippen molar-refractivity contribution in [2.45, 2.75) is 0 Å². The largest absolute Gasteiger partial charge is 0.465 e. The number of halogens is 2. The number of esters is 1. The third-order valence-electron chi connectivity index (χ3n) is 2.84. The van der Waals surface area contributed by atoms with E-state index >= 15 is 0 Å². The van der Waals surface area contributed by atoms with Crippen LogP contribution in [0.15, 0.2) is 30.6 Å². The summed E-state index contributed by atoms with van der Waals surface area (Å²) in [5.41, 5.74) is 1.02. The number of ether oxygens (including phenoxy) is 1. The summed E-state index contributed by atoms with van der Waals surface area (Å²) in [5.74, 6) is -0.649. The number of carbonyl (C=O) groups excluding carboxylic acids is 1. The minimum Gasteiger partial charge on any atom is -0.465 e. The lowest BCUT2D eigenvalue weighted by molar-refractivity contribution is 0.0600. The van der Waals surface area contributed by atoms with Crippen LogP contribution in [0.5, 0.6) is 0 Å². The molecule has 0 saturated carbocycles. The van der Waals surface area contributed by atoms with Crippen molar-refractivity contribution in [1.29, 1.82) is 0 Å². The molecule has 0 amide bonds. The average Bonchev–Trinajstić information content (AvgIpc) is 2.91. The van der Waals surface area contributed by atoms with E-state index in [0.29, 0.717) is 17.2 Å². The predicted molar refractivity (Wildman–Crippen MR) is 72.5 cm³/mol. The fraction of sp³-hybridized carbons (Fsp3) is 0.0769. The summed E-state index contributed by atoms with van der Waals surface area (Å²) in [6, 6.07) is 4.17. The molecule has 0 fully saturated rings. The number of methoxy groups -OCH3 is 1. The van der Waals surface area contributed by atoms with Gasteiger partial charge in [-0.15, -0.1) is 10.2 Å². The fourth-order valence-corrected chi connectivity index (χ4v) is 2.11. The molecule has 0 saturated heterocycles. The van der Waals surface area contributed by atoms with Crippen molar-refractivity contribution in [3.8, 4) is 11.5 Å². The van der Waals surface area contributed by atoms with Gasteiger partial charge in [0.2, 0.25) is 0 Å². The summed E-state index contributed by atoms with van der Waals surface area (Å²) >= 11 is 6.08. The molecule has 0 spiro atoms. The number of hydrogen-bond acceptors (Lipinski definition) is 5. The van der Waals surface area contributed by atoms with Gasteiger partial charge in [0, 0.05) is 6.20 Å². The molecular weight excluding hydrogens is 299 g/mol. The van der Waals surface area contributed by atoms with Gasteiger partial charge in [-0.25, -0.2) is 14.2 Å². The Kier molecular flexibility index (Phi) is 3.26. The summed E-state index contributed by atoms with van der Waals surface area (Å²) in [6.07, 6.45) is 2.57. The summed E-state index contributed by atoms with van der Waals surface area (Å²) in [5, 5.41) is 8.16. The molecule has 0 aromatic carbocycles. The molecule has 0 aliphatic heterocycles. The van der Waals surface area contributed by atoms with E-state index in [9.17, 15) is 9.18 Å². The van der Waals surface area contributed by atoms with Crippen LogP contribution in [0.25, 0.3) is 17.2 Å². The molecule has 0 aliphatic rings. The number of fused-ring (bicyclic) bond motifs is 1. The van der Waals surface area contributed by atoms with E-state index in [-0.39, 0.29) is 10.6 Å². The Bertz CT molecular complexity index is 832. The van der Waals surface area contributed by atoms with E-state index in [0.717, 1.165) is 6.20 Å². The molecule has 3 rings (SSSR count). The number of pyridine rings is 2. The van der Waals surface area contributed by atoms with Crippen LogP contribution in [0.3, 0.4) is 0 Å². The second-order valence-electron chi connectivity index (χ2n) is 4.15. The van der Waals surface area contributed by atoms with E-state index in [1.807, 2.05) is 0 Å². The third kappa shape index (κ3) is 2.31. The third-order valence-corrected chi connectivity index (χ3v) is 3.12. The molecule has 6 nitrogen and oxygen atoms in total. The maximum absolute atomic E-state index is 12.9. The van der Waals surface area contributed by atoms with Crippen LogP contribution in [-0.2, 0) is 4.74 Å². The first-order valence-corrected chi connectivity index (χ1v) is 6.22. The van der Waals surface area contributed by atoms with Crippen molar-refractivity contribution in [2.24, 2.45) is 0 Å². The van der Waals surface area contributed by atoms with Crippen LogP contribution in [0, 0.1) is 5.82 Å². The predicted octanol–water partition coefficient (Wildman–Crippen LogP) is 2.37. The maximum atomic E-state index is 12.9. The Morgan fingerprint density at radius 3 is 2.86 bits per heavy atom. The molecule has 0 bridgehead atoms. The highest BCUT2D eigenvalue weighted by molar-refractivity contribution is 6.33. The van der Waals surface area contributed by atoms with Crippen molar-refractivity contribution in [3.63, 3.8) is 0 Å². The highest BCUT2D eigenvalue weighted by atomic mass is 35.5. The van der Waals surface area contributed by atoms with Gasteiger partial charge in [-0.2, -0.15) is 0 Å². The lowest BCUT2D eigenvalue weighted by atomic mass is 10.2. The van der Waals surface area contributed by atoms with Crippen LogP contribution in [0.2, 0.25) is 5.02 Å². The van der Waals surface area contributed by atoms with Gasteiger partial charge in [-0.3, -0.25) is 4.40 Å². The van der Waals surface area contributed by atoms with Crippen LogP contribution in [0.1, 0.15) is 10.4 Å². The second-order valence-corrected chi connectivity index (χ2v) is 4.55. The van der Waals surface area contributed by atoms with Gasteiger partial charge >= 0.3 is 5.97 Å². The molecule has 21 heavy (non-hydrogen) atoms. The number of carbonyl (C=O) groups is 1. The highest BCUT2D eigenvalue weighted by Crippen LogP contribution is 2.23. The van der Waals surface area contributed by atoms with Gasteiger partial charge in [0.15, 0.2) is 11.5 Å². The number of rotatable bonds is 2. The summed E-state index contributed by atoms with van der Waals surface area (Å²) < 4.78 is 19.1. The molecule has 106 valence electrons. The first-order chi connectivity index (χ1) is 10.1. The van der Waals surface area contributed by atoms with Crippen LogP contribution in [-0.4, -0.2) is 32.7 Å². The van der Waals surface area contributed by atoms with Gasteiger partial charge in [-0.1, -0.05) is 11.6 Å². The highest BCUT2D eigenvalue weighted by Gasteiger charge is 2.16. The minimum absolute atomic E-state index is 0.248. The molecule has 8 heteroatoms. The van der Waals surface area contributed by atoms with E-state index in [1.165, 1.54) is 35.9 Å². The Labute approximate surface area is 123 Å². The van der Waals surface area contributed by atoms with Gasteiger partial charge in [0.1, 0.15) is 11.5 Å². The Hall–Kier alpha value is -2.54. The molecule has 0 unspecified atom stereocenters. The second kappa shape index (κ2) is 5.10. The first-order valence-electron chi connectivity index (χ1n) is 5.84. The maximum Gasteiger partial charge on any atom is 0.339 e. The molecule has 3 heterocycles. The van der Waals surface area contributed by atoms with Gasteiger partial charge < -0.3 is 4.74 Å². The first kappa shape index (κ1) is 13.4.